The van der Waals surface area contributed by atoms with Crippen molar-refractivity contribution in [2.75, 3.05) is 12.4 Å². The lowest BCUT2D eigenvalue weighted by Gasteiger charge is -2.22. The standard InChI is InChI=1S/C25H29ClN6O2/c1-15(2)32-20-11-4-3-9-18(20)30-23(32)19(10-6-12-28-21(27)13-26)31-24(33)17-8-5-7-16-14-29-25(34)22(16)17/h3-5,7-9,11,15,19H,6,10,12-14H2,1-2H3,(H2,27,28)(H,29,34)(H,31,33)/t19-/m0/s1. The third-order valence-electron chi connectivity index (χ3n) is 5.96. The van der Waals surface area contributed by atoms with E-state index in [2.05, 4.69) is 34.4 Å². The Morgan fingerprint density at radius 2 is 2.03 bits per heavy atom. The van der Waals surface area contributed by atoms with Crippen molar-refractivity contribution in [3.63, 3.8) is 0 Å². The van der Waals surface area contributed by atoms with Gasteiger partial charge >= 0.3 is 0 Å². The number of nitrogens with zero attached hydrogens (tertiary/aromatic N) is 2. The topological polar surface area (TPSA) is 112 Å². The number of halogens is 1. The Bertz CT molecular complexity index is 1240. The van der Waals surface area contributed by atoms with Gasteiger partial charge in [0.25, 0.3) is 11.8 Å². The molecule has 1 aliphatic heterocycles. The summed E-state index contributed by atoms with van der Waals surface area (Å²) < 4.78 is 2.15. The average Bonchev–Trinajstić information content (AvgIpc) is 3.41. The first-order chi connectivity index (χ1) is 16.4. The Hall–Kier alpha value is -3.39. The average molecular weight is 481 g/mol. The van der Waals surface area contributed by atoms with E-state index in [9.17, 15) is 9.59 Å². The zero-order valence-electron chi connectivity index (χ0n) is 19.3. The number of hydrogen-bond acceptors (Lipinski definition) is 4. The van der Waals surface area contributed by atoms with Crippen molar-refractivity contribution in [1.29, 1.82) is 5.41 Å². The van der Waals surface area contributed by atoms with Crippen LogP contribution < -0.4 is 16.0 Å². The zero-order valence-corrected chi connectivity index (χ0v) is 20.1. The zero-order chi connectivity index (χ0) is 24.2. The Balaban J connectivity index is 1.66. The summed E-state index contributed by atoms with van der Waals surface area (Å²) in [6, 6.07) is 13.0. The minimum atomic E-state index is -0.380. The minimum Gasteiger partial charge on any atom is -0.373 e. The Kier molecular flexibility index (Phi) is 7.17. The van der Waals surface area contributed by atoms with Crippen molar-refractivity contribution in [2.45, 2.75) is 45.3 Å². The number of para-hydroxylation sites is 2. The van der Waals surface area contributed by atoms with Crippen LogP contribution in [-0.4, -0.2) is 39.6 Å². The van der Waals surface area contributed by atoms with Crippen molar-refractivity contribution in [2.24, 2.45) is 0 Å². The first-order valence-corrected chi connectivity index (χ1v) is 12.0. The summed E-state index contributed by atoms with van der Waals surface area (Å²) in [7, 11) is 0. The second-order valence-corrected chi connectivity index (χ2v) is 8.92. The Labute approximate surface area is 203 Å². The third kappa shape index (κ3) is 4.77. The fourth-order valence-electron chi connectivity index (χ4n) is 4.41. The number of amides is 2. The van der Waals surface area contributed by atoms with E-state index in [-0.39, 0.29) is 35.6 Å². The molecule has 1 aliphatic rings. The molecule has 0 bridgehead atoms. The lowest BCUT2D eigenvalue weighted by Crippen LogP contribution is -2.33. The van der Waals surface area contributed by atoms with E-state index in [4.69, 9.17) is 22.0 Å². The van der Waals surface area contributed by atoms with E-state index < -0.39 is 0 Å². The van der Waals surface area contributed by atoms with Crippen LogP contribution in [0.2, 0.25) is 0 Å². The first-order valence-electron chi connectivity index (χ1n) is 11.5. The molecule has 0 aliphatic carbocycles. The summed E-state index contributed by atoms with van der Waals surface area (Å²) in [5, 5.41) is 16.6. The first kappa shape index (κ1) is 23.8. The van der Waals surface area contributed by atoms with Gasteiger partial charge in [-0.15, -0.1) is 11.6 Å². The molecule has 8 nitrogen and oxygen atoms in total. The number of nitrogens with one attached hydrogen (secondary N) is 4. The van der Waals surface area contributed by atoms with Gasteiger partial charge in [-0.2, -0.15) is 0 Å². The summed E-state index contributed by atoms with van der Waals surface area (Å²) in [5.74, 6) is 0.638. The highest BCUT2D eigenvalue weighted by Crippen LogP contribution is 2.28. The highest BCUT2D eigenvalue weighted by Gasteiger charge is 2.28. The second kappa shape index (κ2) is 10.3. The van der Waals surface area contributed by atoms with Gasteiger partial charge in [0.2, 0.25) is 0 Å². The number of alkyl halides is 1. The van der Waals surface area contributed by atoms with Crippen LogP contribution in [0.4, 0.5) is 0 Å². The molecular weight excluding hydrogens is 452 g/mol. The molecule has 2 aromatic carbocycles. The lowest BCUT2D eigenvalue weighted by atomic mass is 10.0. The summed E-state index contributed by atoms with van der Waals surface area (Å²) in [6.07, 6.45) is 1.30. The van der Waals surface area contributed by atoms with Crippen molar-refractivity contribution in [3.8, 4) is 0 Å². The number of fused-ring (bicyclic) bond motifs is 2. The van der Waals surface area contributed by atoms with Gasteiger partial charge in [-0.25, -0.2) is 4.98 Å². The molecule has 3 aromatic rings. The highest BCUT2D eigenvalue weighted by atomic mass is 35.5. The SMILES string of the molecule is CC(C)n1c([C@H](CCCNC(=N)CCl)NC(=O)c2cccc3c2C(=O)NC3)nc2ccccc21. The Morgan fingerprint density at radius 3 is 2.79 bits per heavy atom. The predicted molar refractivity (Wildman–Crippen MR) is 134 cm³/mol. The summed E-state index contributed by atoms with van der Waals surface area (Å²) in [6.45, 7) is 5.17. The van der Waals surface area contributed by atoms with Gasteiger partial charge in [0.05, 0.1) is 34.1 Å². The molecule has 0 saturated heterocycles. The van der Waals surface area contributed by atoms with Crippen LogP contribution >= 0.6 is 11.6 Å². The molecule has 1 atom stereocenters. The number of benzene rings is 2. The molecule has 34 heavy (non-hydrogen) atoms. The van der Waals surface area contributed by atoms with Crippen molar-refractivity contribution in [1.82, 2.24) is 25.5 Å². The molecule has 0 radical (unpaired) electrons. The minimum absolute atomic E-state index is 0.129. The number of aromatic nitrogens is 2. The normalized spacial score (nSPS) is 13.6. The number of imidazole rings is 1. The number of amidine groups is 1. The van der Waals surface area contributed by atoms with Gasteiger partial charge in [0.15, 0.2) is 0 Å². The van der Waals surface area contributed by atoms with Gasteiger partial charge < -0.3 is 20.5 Å². The molecule has 4 N–H and O–H groups in total. The smallest absolute Gasteiger partial charge is 0.252 e. The largest absolute Gasteiger partial charge is 0.373 e. The molecule has 0 unspecified atom stereocenters. The Morgan fingerprint density at radius 1 is 1.24 bits per heavy atom. The highest BCUT2D eigenvalue weighted by molar-refractivity contribution is 6.27. The molecule has 1 aromatic heterocycles. The summed E-state index contributed by atoms with van der Waals surface area (Å²) >= 11 is 5.69. The van der Waals surface area contributed by atoms with E-state index in [0.717, 1.165) is 22.4 Å². The third-order valence-corrected chi connectivity index (χ3v) is 6.23. The van der Waals surface area contributed by atoms with Gasteiger partial charge in [0, 0.05) is 19.1 Å². The monoisotopic (exact) mass is 480 g/mol. The maximum Gasteiger partial charge on any atom is 0.252 e. The van der Waals surface area contributed by atoms with E-state index in [1.165, 1.54) is 0 Å². The molecule has 0 fully saturated rings. The van der Waals surface area contributed by atoms with Crippen molar-refractivity contribution >= 4 is 40.3 Å². The van der Waals surface area contributed by atoms with E-state index in [0.29, 0.717) is 37.1 Å². The quantitative estimate of drug-likeness (QED) is 0.161. The molecule has 0 spiro atoms. The van der Waals surface area contributed by atoms with Crippen LogP contribution in [0, 0.1) is 5.41 Å². The van der Waals surface area contributed by atoms with Crippen LogP contribution in [0.3, 0.4) is 0 Å². The molecule has 2 heterocycles. The van der Waals surface area contributed by atoms with Gasteiger partial charge in [-0.3, -0.25) is 15.0 Å². The van der Waals surface area contributed by atoms with Crippen LogP contribution in [0.15, 0.2) is 42.5 Å². The fraction of sp³-hybridized carbons (Fsp3) is 0.360. The summed E-state index contributed by atoms with van der Waals surface area (Å²) in [4.78, 5) is 30.7. The molecular formula is C25H29ClN6O2. The number of rotatable bonds is 9. The van der Waals surface area contributed by atoms with Crippen LogP contribution in [0.1, 0.15) is 70.9 Å². The van der Waals surface area contributed by atoms with Crippen molar-refractivity contribution in [3.05, 3.63) is 65.0 Å². The molecule has 178 valence electrons. The van der Waals surface area contributed by atoms with Gasteiger partial charge in [0.1, 0.15) is 11.7 Å². The maximum atomic E-state index is 13.4. The molecule has 2 amide bonds. The van der Waals surface area contributed by atoms with Crippen LogP contribution in [0.5, 0.6) is 0 Å². The predicted octanol–water partition coefficient (Wildman–Crippen LogP) is 3.92. The number of carbonyl (C=O) groups is 2. The molecule has 9 heteroatoms. The van der Waals surface area contributed by atoms with E-state index >= 15 is 0 Å². The fourth-order valence-corrected chi connectivity index (χ4v) is 4.51. The van der Waals surface area contributed by atoms with Gasteiger partial charge in [-0.1, -0.05) is 24.3 Å². The molecule has 0 saturated carbocycles. The van der Waals surface area contributed by atoms with E-state index in [1.807, 2.05) is 30.3 Å². The number of hydrogen-bond donors (Lipinski definition) is 4. The maximum absolute atomic E-state index is 13.4. The second-order valence-electron chi connectivity index (χ2n) is 8.65. The van der Waals surface area contributed by atoms with Crippen molar-refractivity contribution < 1.29 is 9.59 Å². The van der Waals surface area contributed by atoms with E-state index in [1.54, 1.807) is 12.1 Å². The van der Waals surface area contributed by atoms with Crippen LogP contribution in [-0.2, 0) is 6.54 Å². The number of carbonyl (C=O) groups excluding carboxylic acids is 2. The lowest BCUT2D eigenvalue weighted by molar-refractivity contribution is 0.0911. The van der Waals surface area contributed by atoms with Crippen LogP contribution in [0.25, 0.3) is 11.0 Å². The van der Waals surface area contributed by atoms with Gasteiger partial charge in [-0.05, 0) is 50.5 Å². The summed E-state index contributed by atoms with van der Waals surface area (Å²) in [5.41, 5.74) is 3.51. The molecule has 4 rings (SSSR count).